The van der Waals surface area contributed by atoms with Gasteiger partial charge in [-0.3, -0.25) is 10.1 Å². The van der Waals surface area contributed by atoms with E-state index in [0.29, 0.717) is 5.56 Å². The second kappa shape index (κ2) is 7.66. The molecule has 0 amide bonds. The Hall–Kier alpha value is -1.62. The molecule has 0 aliphatic rings. The van der Waals surface area contributed by atoms with Crippen LogP contribution in [0.2, 0.25) is 0 Å². The number of nitro benzene ring substituents is 1. The Labute approximate surface area is 107 Å². The molecular formula is C13H20N2O3. The number of nitro groups is 1. The van der Waals surface area contributed by atoms with Gasteiger partial charge < -0.3 is 10.4 Å². The first-order valence-corrected chi connectivity index (χ1v) is 6.25. The molecule has 1 aromatic carbocycles. The molecule has 0 bridgehead atoms. The summed E-state index contributed by atoms with van der Waals surface area (Å²) in [5, 5.41) is 22.6. The van der Waals surface area contributed by atoms with Gasteiger partial charge in [-0.2, -0.15) is 0 Å². The van der Waals surface area contributed by atoms with Crippen molar-refractivity contribution in [1.29, 1.82) is 0 Å². The van der Waals surface area contributed by atoms with E-state index in [4.69, 9.17) is 5.11 Å². The van der Waals surface area contributed by atoms with Crippen molar-refractivity contribution < 1.29 is 10.0 Å². The predicted molar refractivity (Wildman–Crippen MR) is 71.9 cm³/mol. The number of unbranched alkanes of at least 4 members (excludes halogenated alkanes) is 3. The lowest BCUT2D eigenvalue weighted by Crippen LogP contribution is -2.02. The van der Waals surface area contributed by atoms with E-state index in [1.165, 1.54) is 0 Å². The van der Waals surface area contributed by atoms with Crippen molar-refractivity contribution in [2.75, 3.05) is 18.5 Å². The monoisotopic (exact) mass is 252 g/mol. The summed E-state index contributed by atoms with van der Waals surface area (Å²) in [4.78, 5) is 10.4. The number of nitrogens with zero attached hydrogens (tertiary/aromatic N) is 1. The topological polar surface area (TPSA) is 75.4 Å². The average Bonchev–Trinajstić information content (AvgIpc) is 2.35. The van der Waals surface area contributed by atoms with Crippen molar-refractivity contribution in [3.8, 4) is 0 Å². The van der Waals surface area contributed by atoms with Crippen molar-refractivity contribution in [1.82, 2.24) is 0 Å². The molecule has 0 aliphatic carbocycles. The molecule has 0 unspecified atom stereocenters. The van der Waals surface area contributed by atoms with Gasteiger partial charge >= 0.3 is 0 Å². The molecule has 0 fully saturated rings. The lowest BCUT2D eigenvalue weighted by Gasteiger charge is -2.07. The van der Waals surface area contributed by atoms with E-state index >= 15 is 0 Å². The normalized spacial score (nSPS) is 10.3. The fraction of sp³-hybridized carbons (Fsp3) is 0.538. The molecule has 18 heavy (non-hydrogen) atoms. The first kappa shape index (κ1) is 14.4. The molecule has 0 spiro atoms. The lowest BCUT2D eigenvalue weighted by atomic mass is 10.1. The van der Waals surface area contributed by atoms with Crippen LogP contribution in [0, 0.1) is 17.0 Å². The maximum atomic E-state index is 10.8. The quantitative estimate of drug-likeness (QED) is 0.424. The lowest BCUT2D eigenvalue weighted by molar-refractivity contribution is -0.385. The molecular weight excluding hydrogens is 232 g/mol. The smallest absolute Gasteiger partial charge is 0.274 e. The molecule has 0 atom stereocenters. The molecule has 100 valence electrons. The van der Waals surface area contributed by atoms with E-state index in [2.05, 4.69) is 5.32 Å². The van der Waals surface area contributed by atoms with Gasteiger partial charge in [0, 0.05) is 30.5 Å². The molecule has 0 heterocycles. The van der Waals surface area contributed by atoms with Gasteiger partial charge in [-0.05, 0) is 25.8 Å². The van der Waals surface area contributed by atoms with Crippen LogP contribution in [0.3, 0.4) is 0 Å². The minimum atomic E-state index is -0.359. The zero-order valence-corrected chi connectivity index (χ0v) is 10.7. The second-order valence-electron chi connectivity index (χ2n) is 4.32. The highest BCUT2D eigenvalue weighted by Gasteiger charge is 2.10. The molecule has 0 aliphatic heterocycles. The van der Waals surface area contributed by atoms with Gasteiger partial charge in [0.1, 0.15) is 0 Å². The first-order chi connectivity index (χ1) is 8.65. The molecule has 0 aromatic heterocycles. The van der Waals surface area contributed by atoms with Crippen molar-refractivity contribution >= 4 is 11.4 Å². The predicted octanol–water partition coefficient (Wildman–Crippen LogP) is 2.87. The zero-order valence-electron chi connectivity index (χ0n) is 10.7. The Kier molecular flexibility index (Phi) is 6.14. The number of benzene rings is 1. The number of aryl methyl sites for hydroxylation is 1. The van der Waals surface area contributed by atoms with Crippen molar-refractivity contribution in [3.05, 3.63) is 33.9 Å². The van der Waals surface area contributed by atoms with Crippen LogP contribution < -0.4 is 5.32 Å². The first-order valence-electron chi connectivity index (χ1n) is 6.25. The van der Waals surface area contributed by atoms with Gasteiger partial charge in [-0.15, -0.1) is 0 Å². The molecule has 1 rings (SSSR count). The van der Waals surface area contributed by atoms with Crippen LogP contribution in [0.1, 0.15) is 31.2 Å². The molecule has 5 heteroatoms. The molecule has 2 N–H and O–H groups in total. The minimum Gasteiger partial charge on any atom is -0.396 e. The SMILES string of the molecule is Cc1ccc(NCCCCCCO)cc1[N+](=O)[O-]. The summed E-state index contributed by atoms with van der Waals surface area (Å²) in [5.41, 5.74) is 1.61. The van der Waals surface area contributed by atoms with Crippen molar-refractivity contribution in [2.45, 2.75) is 32.6 Å². The standard InChI is InChI=1S/C13H20N2O3/c1-11-6-7-12(10-13(11)15(17)18)14-8-4-2-3-5-9-16/h6-7,10,14,16H,2-5,8-9H2,1H3. The van der Waals surface area contributed by atoms with E-state index < -0.39 is 0 Å². The van der Waals surface area contributed by atoms with Crippen LogP contribution in [-0.2, 0) is 0 Å². The minimum absolute atomic E-state index is 0.153. The van der Waals surface area contributed by atoms with Crippen LogP contribution in [0.25, 0.3) is 0 Å². The molecule has 5 nitrogen and oxygen atoms in total. The fourth-order valence-corrected chi connectivity index (χ4v) is 1.74. The number of rotatable bonds is 8. The Morgan fingerprint density at radius 1 is 1.28 bits per heavy atom. The third-order valence-electron chi connectivity index (χ3n) is 2.82. The van der Waals surface area contributed by atoms with E-state index in [-0.39, 0.29) is 17.2 Å². The maximum absolute atomic E-state index is 10.8. The Bertz CT molecular complexity index is 394. The number of nitrogens with one attached hydrogen (secondary N) is 1. The van der Waals surface area contributed by atoms with Crippen LogP contribution in [0.4, 0.5) is 11.4 Å². The summed E-state index contributed by atoms with van der Waals surface area (Å²) >= 11 is 0. The van der Waals surface area contributed by atoms with E-state index in [9.17, 15) is 10.1 Å². The Morgan fingerprint density at radius 2 is 2.00 bits per heavy atom. The highest BCUT2D eigenvalue weighted by molar-refractivity contribution is 5.54. The Balaban J connectivity index is 2.38. The van der Waals surface area contributed by atoms with E-state index in [1.54, 1.807) is 19.1 Å². The third kappa shape index (κ3) is 4.71. The number of aliphatic hydroxyl groups is 1. The third-order valence-corrected chi connectivity index (χ3v) is 2.82. The van der Waals surface area contributed by atoms with Crippen LogP contribution >= 0.6 is 0 Å². The Morgan fingerprint density at radius 3 is 2.67 bits per heavy atom. The molecule has 1 aromatic rings. The number of hydrogen-bond donors (Lipinski definition) is 2. The summed E-state index contributed by atoms with van der Waals surface area (Å²) in [6.45, 7) is 2.78. The summed E-state index contributed by atoms with van der Waals surface area (Å²) in [6, 6.07) is 5.19. The van der Waals surface area contributed by atoms with Crippen LogP contribution in [-0.4, -0.2) is 23.2 Å². The average molecular weight is 252 g/mol. The molecule has 0 saturated heterocycles. The van der Waals surface area contributed by atoms with Gasteiger partial charge in [0.05, 0.1) is 4.92 Å². The van der Waals surface area contributed by atoms with E-state index in [1.807, 2.05) is 6.07 Å². The van der Waals surface area contributed by atoms with Gasteiger partial charge in [-0.25, -0.2) is 0 Å². The number of hydrogen-bond acceptors (Lipinski definition) is 4. The fourth-order valence-electron chi connectivity index (χ4n) is 1.74. The second-order valence-corrected chi connectivity index (χ2v) is 4.32. The highest BCUT2D eigenvalue weighted by Crippen LogP contribution is 2.22. The number of aliphatic hydroxyl groups excluding tert-OH is 1. The van der Waals surface area contributed by atoms with Crippen LogP contribution in [0.5, 0.6) is 0 Å². The van der Waals surface area contributed by atoms with Gasteiger partial charge in [0.15, 0.2) is 0 Å². The summed E-state index contributed by atoms with van der Waals surface area (Å²) in [6.07, 6.45) is 3.92. The van der Waals surface area contributed by atoms with Gasteiger partial charge in [-0.1, -0.05) is 18.9 Å². The zero-order chi connectivity index (χ0) is 13.4. The van der Waals surface area contributed by atoms with Gasteiger partial charge in [0.2, 0.25) is 0 Å². The number of anilines is 1. The van der Waals surface area contributed by atoms with Crippen molar-refractivity contribution in [3.63, 3.8) is 0 Å². The molecule has 0 saturated carbocycles. The van der Waals surface area contributed by atoms with E-state index in [0.717, 1.165) is 37.9 Å². The maximum Gasteiger partial charge on any atom is 0.274 e. The summed E-state index contributed by atoms with van der Waals surface area (Å²) < 4.78 is 0. The summed E-state index contributed by atoms with van der Waals surface area (Å²) in [7, 11) is 0. The van der Waals surface area contributed by atoms with Gasteiger partial charge in [0.25, 0.3) is 5.69 Å². The van der Waals surface area contributed by atoms with Crippen molar-refractivity contribution in [2.24, 2.45) is 0 Å². The largest absolute Gasteiger partial charge is 0.396 e. The summed E-state index contributed by atoms with van der Waals surface area (Å²) in [5.74, 6) is 0. The van der Waals surface area contributed by atoms with Crippen LogP contribution in [0.15, 0.2) is 18.2 Å². The highest BCUT2D eigenvalue weighted by atomic mass is 16.6. The molecule has 0 radical (unpaired) electrons.